The topological polar surface area (TPSA) is 65.6 Å². The van der Waals surface area contributed by atoms with Crippen LogP contribution in [-0.2, 0) is 13.0 Å². The van der Waals surface area contributed by atoms with Crippen molar-refractivity contribution in [2.45, 2.75) is 32.4 Å². The van der Waals surface area contributed by atoms with Gasteiger partial charge in [-0.2, -0.15) is 4.98 Å². The summed E-state index contributed by atoms with van der Waals surface area (Å²) in [5.74, 6) is 1.03. The summed E-state index contributed by atoms with van der Waals surface area (Å²) in [5.41, 5.74) is 0.363. The molecule has 25 heavy (non-hydrogen) atoms. The standard InChI is InChI=1S/C18H25FN4O2/c1-2-18-20-17(21-25-18)13-23-9-5-8-22(10-11-23)12-16(24)14-6-3-4-7-15(14)19/h3-4,6-7,16,24H,2,5,8-13H2,1H3. The van der Waals surface area contributed by atoms with Gasteiger partial charge in [0.15, 0.2) is 5.82 Å². The van der Waals surface area contributed by atoms with Gasteiger partial charge in [0, 0.05) is 31.6 Å². The Kier molecular flexibility index (Phi) is 6.12. The van der Waals surface area contributed by atoms with Crippen LogP contribution in [0.1, 0.15) is 36.7 Å². The van der Waals surface area contributed by atoms with E-state index in [-0.39, 0.29) is 5.82 Å². The Bertz CT molecular complexity index is 679. The van der Waals surface area contributed by atoms with Crippen LogP contribution in [-0.4, -0.2) is 57.8 Å². The van der Waals surface area contributed by atoms with Crippen molar-refractivity contribution < 1.29 is 14.0 Å². The van der Waals surface area contributed by atoms with Crippen molar-refractivity contribution in [2.75, 3.05) is 32.7 Å². The highest BCUT2D eigenvalue weighted by Gasteiger charge is 2.20. The first-order valence-corrected chi connectivity index (χ1v) is 8.84. The van der Waals surface area contributed by atoms with E-state index in [0.29, 0.717) is 24.5 Å². The molecule has 1 aliphatic rings. The van der Waals surface area contributed by atoms with Gasteiger partial charge in [-0.1, -0.05) is 30.3 Å². The summed E-state index contributed by atoms with van der Waals surface area (Å²) in [6.07, 6.45) is 0.925. The molecule has 6 nitrogen and oxygen atoms in total. The van der Waals surface area contributed by atoms with Crippen molar-refractivity contribution in [3.05, 3.63) is 47.4 Å². The number of aryl methyl sites for hydroxylation is 1. The van der Waals surface area contributed by atoms with Gasteiger partial charge in [-0.15, -0.1) is 0 Å². The summed E-state index contributed by atoms with van der Waals surface area (Å²) in [6.45, 7) is 6.62. The zero-order valence-corrected chi connectivity index (χ0v) is 14.6. The van der Waals surface area contributed by atoms with E-state index in [1.165, 1.54) is 6.07 Å². The Morgan fingerprint density at radius 3 is 2.72 bits per heavy atom. The minimum atomic E-state index is -0.808. The first kappa shape index (κ1) is 18.0. The predicted molar refractivity (Wildman–Crippen MR) is 91.4 cm³/mol. The average Bonchev–Trinajstić information content (AvgIpc) is 2.95. The van der Waals surface area contributed by atoms with Crippen LogP contribution in [0.3, 0.4) is 0 Å². The monoisotopic (exact) mass is 348 g/mol. The minimum absolute atomic E-state index is 0.352. The maximum absolute atomic E-state index is 13.8. The molecule has 3 rings (SSSR count). The molecule has 0 spiro atoms. The SMILES string of the molecule is CCc1nc(CN2CCCN(CC(O)c3ccccc3F)CC2)no1. The van der Waals surface area contributed by atoms with Crippen LogP contribution < -0.4 is 0 Å². The predicted octanol–water partition coefficient (Wildman–Crippen LogP) is 2.01. The molecule has 0 saturated carbocycles. The number of aromatic nitrogens is 2. The molecular weight excluding hydrogens is 323 g/mol. The van der Waals surface area contributed by atoms with Crippen molar-refractivity contribution in [1.29, 1.82) is 0 Å². The van der Waals surface area contributed by atoms with Gasteiger partial charge in [0.25, 0.3) is 0 Å². The molecular formula is C18H25FN4O2. The number of aliphatic hydroxyl groups is 1. The van der Waals surface area contributed by atoms with E-state index < -0.39 is 6.10 Å². The molecule has 1 unspecified atom stereocenters. The highest BCUT2D eigenvalue weighted by atomic mass is 19.1. The lowest BCUT2D eigenvalue weighted by Crippen LogP contribution is -2.33. The van der Waals surface area contributed by atoms with E-state index in [0.717, 1.165) is 44.8 Å². The Hall–Kier alpha value is -1.83. The summed E-state index contributed by atoms with van der Waals surface area (Å²) in [6, 6.07) is 6.42. The number of benzene rings is 1. The number of aliphatic hydroxyl groups excluding tert-OH is 1. The second-order valence-corrected chi connectivity index (χ2v) is 6.43. The molecule has 2 heterocycles. The Balaban J connectivity index is 1.52. The number of hydrogen-bond donors (Lipinski definition) is 1. The van der Waals surface area contributed by atoms with Gasteiger partial charge in [-0.3, -0.25) is 9.80 Å². The van der Waals surface area contributed by atoms with Crippen molar-refractivity contribution in [3.8, 4) is 0 Å². The zero-order valence-electron chi connectivity index (χ0n) is 14.6. The third-order valence-electron chi connectivity index (χ3n) is 4.55. The molecule has 1 N–H and O–H groups in total. The number of β-amino-alcohol motifs (C(OH)–C–C–N with tert-alkyl or cyclic N) is 1. The Labute approximate surface area is 147 Å². The van der Waals surface area contributed by atoms with Gasteiger partial charge >= 0.3 is 0 Å². The summed E-state index contributed by atoms with van der Waals surface area (Å²) in [7, 11) is 0. The smallest absolute Gasteiger partial charge is 0.226 e. The molecule has 0 bridgehead atoms. The summed E-state index contributed by atoms with van der Waals surface area (Å²) in [4.78, 5) is 8.83. The van der Waals surface area contributed by atoms with Gasteiger partial charge in [-0.25, -0.2) is 4.39 Å². The lowest BCUT2D eigenvalue weighted by Gasteiger charge is -2.24. The molecule has 1 atom stereocenters. The van der Waals surface area contributed by atoms with E-state index in [1.54, 1.807) is 18.2 Å². The molecule has 1 aromatic carbocycles. The van der Waals surface area contributed by atoms with Crippen molar-refractivity contribution in [1.82, 2.24) is 19.9 Å². The molecule has 1 saturated heterocycles. The second-order valence-electron chi connectivity index (χ2n) is 6.43. The third kappa shape index (κ3) is 4.84. The molecule has 2 aromatic rings. The first-order valence-electron chi connectivity index (χ1n) is 8.84. The van der Waals surface area contributed by atoms with Crippen LogP contribution in [0.4, 0.5) is 4.39 Å². The van der Waals surface area contributed by atoms with Crippen molar-refractivity contribution in [2.24, 2.45) is 0 Å². The summed E-state index contributed by atoms with van der Waals surface area (Å²) in [5, 5.41) is 14.4. The van der Waals surface area contributed by atoms with E-state index in [4.69, 9.17) is 4.52 Å². The molecule has 1 aliphatic heterocycles. The lowest BCUT2D eigenvalue weighted by atomic mass is 10.1. The van der Waals surface area contributed by atoms with Gasteiger partial charge in [-0.05, 0) is 25.6 Å². The normalized spacial score (nSPS) is 18.2. The molecule has 0 aliphatic carbocycles. The number of hydrogen-bond acceptors (Lipinski definition) is 6. The molecule has 1 fully saturated rings. The summed E-state index contributed by atoms with van der Waals surface area (Å²) >= 11 is 0. The lowest BCUT2D eigenvalue weighted by molar-refractivity contribution is 0.111. The fourth-order valence-corrected chi connectivity index (χ4v) is 3.15. The zero-order chi connectivity index (χ0) is 17.6. The largest absolute Gasteiger partial charge is 0.387 e. The second kappa shape index (κ2) is 8.51. The maximum Gasteiger partial charge on any atom is 0.226 e. The Morgan fingerprint density at radius 2 is 1.96 bits per heavy atom. The van der Waals surface area contributed by atoms with Gasteiger partial charge < -0.3 is 9.63 Å². The number of halogens is 1. The molecule has 1 aromatic heterocycles. The average molecular weight is 348 g/mol. The highest BCUT2D eigenvalue weighted by Crippen LogP contribution is 2.18. The van der Waals surface area contributed by atoms with Crippen LogP contribution >= 0.6 is 0 Å². The van der Waals surface area contributed by atoms with Crippen LogP contribution in [0.2, 0.25) is 0 Å². The first-order chi connectivity index (χ1) is 12.2. The van der Waals surface area contributed by atoms with E-state index in [2.05, 4.69) is 19.9 Å². The van der Waals surface area contributed by atoms with E-state index >= 15 is 0 Å². The maximum atomic E-state index is 13.8. The van der Waals surface area contributed by atoms with E-state index in [9.17, 15) is 9.50 Å². The van der Waals surface area contributed by atoms with Crippen LogP contribution in [0.25, 0.3) is 0 Å². The van der Waals surface area contributed by atoms with Gasteiger partial charge in [0.1, 0.15) is 5.82 Å². The fourth-order valence-electron chi connectivity index (χ4n) is 3.15. The molecule has 136 valence electrons. The van der Waals surface area contributed by atoms with Crippen molar-refractivity contribution >= 4 is 0 Å². The molecule has 0 amide bonds. The van der Waals surface area contributed by atoms with E-state index in [1.807, 2.05) is 6.92 Å². The molecule has 7 heteroatoms. The minimum Gasteiger partial charge on any atom is -0.387 e. The van der Waals surface area contributed by atoms with Crippen LogP contribution in [0.5, 0.6) is 0 Å². The van der Waals surface area contributed by atoms with Gasteiger partial charge in [0.2, 0.25) is 5.89 Å². The number of rotatable bonds is 6. The molecule has 0 radical (unpaired) electrons. The Morgan fingerprint density at radius 1 is 1.20 bits per heavy atom. The van der Waals surface area contributed by atoms with Crippen molar-refractivity contribution in [3.63, 3.8) is 0 Å². The highest BCUT2D eigenvalue weighted by molar-refractivity contribution is 5.20. The van der Waals surface area contributed by atoms with Gasteiger partial charge in [0.05, 0.1) is 12.6 Å². The van der Waals surface area contributed by atoms with Crippen LogP contribution in [0, 0.1) is 5.82 Å². The van der Waals surface area contributed by atoms with Crippen LogP contribution in [0.15, 0.2) is 28.8 Å². The third-order valence-corrected chi connectivity index (χ3v) is 4.55. The number of nitrogens with zero attached hydrogens (tertiary/aromatic N) is 4. The summed E-state index contributed by atoms with van der Waals surface area (Å²) < 4.78 is 19.0. The quantitative estimate of drug-likeness (QED) is 0.861. The fraction of sp³-hybridized carbons (Fsp3) is 0.556.